The average Bonchev–Trinajstić information content (AvgIpc) is 3.42. The predicted molar refractivity (Wildman–Crippen MR) is 169 cm³/mol. The molecular weight excluding hydrogens is 536 g/mol. The van der Waals surface area contributed by atoms with Crippen LogP contribution in [0.15, 0.2) is 54.6 Å². The Morgan fingerprint density at radius 1 is 0.925 bits per heavy atom. The quantitative estimate of drug-likeness (QED) is 0.305. The molecule has 1 saturated carbocycles. The van der Waals surface area contributed by atoms with Crippen LogP contribution in [0.1, 0.15) is 68.6 Å². The Labute approximate surface area is 248 Å². The van der Waals surface area contributed by atoms with Gasteiger partial charge in [-0.05, 0) is 72.6 Å². The number of hydrogen-bond donors (Lipinski definition) is 2. The minimum atomic E-state index is 0.0224. The van der Waals surface area contributed by atoms with Gasteiger partial charge in [-0.3, -0.25) is 0 Å². The zero-order valence-electron chi connectivity index (χ0n) is 23.3. The lowest BCUT2D eigenvalue weighted by Crippen LogP contribution is -2.43. The van der Waals surface area contributed by atoms with Gasteiger partial charge in [0.1, 0.15) is 11.6 Å². The van der Waals surface area contributed by atoms with Crippen LogP contribution in [-0.2, 0) is 18.5 Å². The van der Waals surface area contributed by atoms with E-state index in [-0.39, 0.29) is 5.41 Å². The summed E-state index contributed by atoms with van der Waals surface area (Å²) in [6, 6.07) is 19.1. The highest BCUT2D eigenvalue weighted by atomic mass is 35.5. The summed E-state index contributed by atoms with van der Waals surface area (Å²) in [6.07, 6.45) is 8.34. The molecule has 0 spiro atoms. The van der Waals surface area contributed by atoms with Gasteiger partial charge < -0.3 is 20.4 Å². The van der Waals surface area contributed by atoms with Crippen molar-refractivity contribution in [1.29, 1.82) is 0 Å². The molecule has 210 valence electrons. The number of anilines is 3. The molecule has 2 aromatic carbocycles. The minimum absolute atomic E-state index is 0.0224. The molecule has 40 heavy (non-hydrogen) atoms. The highest BCUT2D eigenvalue weighted by Crippen LogP contribution is 2.40. The first kappa shape index (κ1) is 27.3. The fraction of sp³-hybridized carbons (Fsp3) is 0.469. The maximum Gasteiger partial charge on any atom is 0.232 e. The number of rotatable bonds is 6. The zero-order valence-corrected chi connectivity index (χ0v) is 24.9. The number of nitrogens with zero attached hydrogens (tertiary/aromatic N) is 4. The second kappa shape index (κ2) is 11.9. The lowest BCUT2D eigenvalue weighted by molar-refractivity contribution is 0.292. The maximum absolute atomic E-state index is 6.40. The van der Waals surface area contributed by atoms with Crippen LogP contribution >= 0.6 is 23.8 Å². The van der Waals surface area contributed by atoms with E-state index >= 15 is 0 Å². The number of aromatic nitrogens is 2. The molecule has 0 amide bonds. The number of nitrogens with one attached hydrogen (secondary N) is 2. The molecule has 0 bridgehead atoms. The Morgan fingerprint density at radius 2 is 1.60 bits per heavy atom. The van der Waals surface area contributed by atoms with Crippen molar-refractivity contribution in [2.45, 2.75) is 70.4 Å². The molecule has 0 atom stereocenters. The molecule has 1 aromatic heterocycles. The molecule has 6 nitrogen and oxygen atoms in total. The molecule has 0 radical (unpaired) electrons. The van der Waals surface area contributed by atoms with E-state index in [1.165, 1.54) is 48.8 Å². The van der Waals surface area contributed by atoms with Gasteiger partial charge in [-0.2, -0.15) is 9.97 Å². The van der Waals surface area contributed by atoms with Crippen molar-refractivity contribution in [3.05, 3.63) is 76.3 Å². The lowest BCUT2D eigenvalue weighted by Gasteiger charge is -2.38. The number of halogens is 1. The number of benzene rings is 2. The van der Waals surface area contributed by atoms with Crippen molar-refractivity contribution >= 4 is 46.5 Å². The third-order valence-corrected chi connectivity index (χ3v) is 9.51. The largest absolute Gasteiger partial charge is 0.361 e. The Morgan fingerprint density at radius 3 is 2.27 bits per heavy atom. The third-order valence-electron chi connectivity index (χ3n) is 9.03. The molecule has 1 saturated heterocycles. The minimum Gasteiger partial charge on any atom is -0.361 e. The van der Waals surface area contributed by atoms with Crippen molar-refractivity contribution in [3.8, 4) is 0 Å². The summed E-state index contributed by atoms with van der Waals surface area (Å²) in [5, 5.41) is 8.24. The van der Waals surface area contributed by atoms with Crippen LogP contribution in [-0.4, -0.2) is 34.7 Å². The highest BCUT2D eigenvalue weighted by molar-refractivity contribution is 7.80. The standard InChI is InChI=1S/C32H39ClN6S/c1-23-12-16-38(17-13-23)28-19-29(39-20-24-8-3-4-9-25(24)21-39)36-30(35-28)37-31(40)34-22-32(14-5-2-6-15-32)26-10-7-11-27(33)18-26/h3-4,7-11,18-19,23H,2,5-6,12-17,20-22H2,1H3,(H2,34,35,36,37,40). The first-order valence-corrected chi connectivity index (χ1v) is 15.5. The third kappa shape index (κ3) is 6.06. The van der Waals surface area contributed by atoms with Gasteiger partial charge in [0.2, 0.25) is 5.95 Å². The zero-order chi connectivity index (χ0) is 27.5. The number of piperidine rings is 1. The van der Waals surface area contributed by atoms with Crippen molar-refractivity contribution in [3.63, 3.8) is 0 Å². The summed E-state index contributed by atoms with van der Waals surface area (Å²) in [6.45, 7) is 6.84. The summed E-state index contributed by atoms with van der Waals surface area (Å²) < 4.78 is 0. The van der Waals surface area contributed by atoms with E-state index < -0.39 is 0 Å². The second-order valence-corrected chi connectivity index (χ2v) is 12.7. The highest BCUT2D eigenvalue weighted by Gasteiger charge is 2.34. The Hall–Kier alpha value is -2.90. The van der Waals surface area contributed by atoms with Crippen LogP contribution in [0.2, 0.25) is 5.02 Å². The molecule has 6 rings (SSSR count). The van der Waals surface area contributed by atoms with E-state index in [0.29, 0.717) is 11.1 Å². The fourth-order valence-electron chi connectivity index (χ4n) is 6.54. The van der Waals surface area contributed by atoms with Crippen LogP contribution in [0.5, 0.6) is 0 Å². The van der Waals surface area contributed by atoms with Gasteiger partial charge in [0.15, 0.2) is 5.11 Å². The Bertz CT molecular complexity index is 1320. The lowest BCUT2D eigenvalue weighted by atomic mass is 9.69. The number of hydrogen-bond acceptors (Lipinski definition) is 5. The van der Waals surface area contributed by atoms with Crippen molar-refractivity contribution < 1.29 is 0 Å². The smallest absolute Gasteiger partial charge is 0.232 e. The maximum atomic E-state index is 6.40. The summed E-state index contributed by atoms with van der Waals surface area (Å²) in [5.74, 6) is 3.22. The molecule has 3 heterocycles. The monoisotopic (exact) mass is 574 g/mol. The van der Waals surface area contributed by atoms with E-state index in [0.717, 1.165) is 68.1 Å². The van der Waals surface area contributed by atoms with Crippen LogP contribution in [0, 0.1) is 5.92 Å². The van der Waals surface area contributed by atoms with Crippen molar-refractivity contribution in [1.82, 2.24) is 15.3 Å². The van der Waals surface area contributed by atoms with Gasteiger partial charge in [-0.25, -0.2) is 0 Å². The molecule has 3 aliphatic rings. The predicted octanol–water partition coefficient (Wildman–Crippen LogP) is 7.08. The molecule has 0 unspecified atom stereocenters. The molecular formula is C32H39ClN6S. The van der Waals surface area contributed by atoms with Crippen LogP contribution < -0.4 is 20.4 Å². The van der Waals surface area contributed by atoms with E-state index in [1.54, 1.807) is 0 Å². The van der Waals surface area contributed by atoms with E-state index in [4.69, 9.17) is 33.8 Å². The molecule has 2 fully saturated rings. The molecule has 8 heteroatoms. The van der Waals surface area contributed by atoms with Crippen LogP contribution in [0.3, 0.4) is 0 Å². The first-order valence-electron chi connectivity index (χ1n) is 14.7. The van der Waals surface area contributed by atoms with E-state index in [9.17, 15) is 0 Å². The van der Waals surface area contributed by atoms with Gasteiger partial charge in [-0.1, -0.05) is 74.2 Å². The van der Waals surface area contributed by atoms with Gasteiger partial charge in [0.05, 0.1) is 0 Å². The summed E-state index contributed by atoms with van der Waals surface area (Å²) in [5.41, 5.74) is 4.04. The summed E-state index contributed by atoms with van der Waals surface area (Å²) in [4.78, 5) is 14.6. The van der Waals surface area contributed by atoms with Gasteiger partial charge in [-0.15, -0.1) is 0 Å². The normalized spacial score (nSPS) is 18.9. The summed E-state index contributed by atoms with van der Waals surface area (Å²) in [7, 11) is 0. The second-order valence-electron chi connectivity index (χ2n) is 11.9. The Kier molecular flexibility index (Phi) is 8.12. The summed E-state index contributed by atoms with van der Waals surface area (Å²) >= 11 is 12.2. The molecule has 2 aliphatic heterocycles. The number of thiocarbonyl (C=S) groups is 1. The van der Waals surface area contributed by atoms with E-state index in [1.807, 2.05) is 6.07 Å². The van der Waals surface area contributed by atoms with Crippen molar-refractivity contribution in [2.24, 2.45) is 5.92 Å². The van der Waals surface area contributed by atoms with Crippen molar-refractivity contribution in [2.75, 3.05) is 34.8 Å². The molecule has 1 aliphatic carbocycles. The first-order chi connectivity index (χ1) is 19.5. The average molecular weight is 575 g/mol. The molecule has 3 aromatic rings. The fourth-order valence-corrected chi connectivity index (χ4v) is 6.90. The Balaban J connectivity index is 1.21. The molecule has 2 N–H and O–H groups in total. The van der Waals surface area contributed by atoms with Gasteiger partial charge >= 0.3 is 0 Å². The van der Waals surface area contributed by atoms with Crippen LogP contribution in [0.4, 0.5) is 17.6 Å². The van der Waals surface area contributed by atoms with Gasteiger partial charge in [0.25, 0.3) is 0 Å². The van der Waals surface area contributed by atoms with Crippen LogP contribution in [0.25, 0.3) is 0 Å². The topological polar surface area (TPSA) is 56.3 Å². The SMILES string of the molecule is CC1CCN(c2cc(N3Cc4ccccc4C3)nc(NC(=S)NCC3(c4cccc(Cl)c4)CCCCC3)n2)CC1. The van der Waals surface area contributed by atoms with Gasteiger partial charge in [0, 0.05) is 49.2 Å². The van der Waals surface area contributed by atoms with E-state index in [2.05, 4.69) is 75.9 Å². The number of fused-ring (bicyclic) bond motifs is 1.